The molecule has 0 spiro atoms. The van der Waals surface area contributed by atoms with Crippen LogP contribution in [0.2, 0.25) is 0 Å². The number of sulfonamides is 1. The molecule has 6 nitrogen and oxygen atoms in total. The second kappa shape index (κ2) is 8.10. The van der Waals surface area contributed by atoms with E-state index in [4.69, 9.17) is 9.57 Å². The third kappa shape index (κ3) is 4.91. The molecule has 1 aliphatic heterocycles. The van der Waals surface area contributed by atoms with Crippen LogP contribution >= 0.6 is 0 Å². The molecule has 1 N–H and O–H groups in total. The van der Waals surface area contributed by atoms with Gasteiger partial charge in [-0.3, -0.25) is 4.84 Å². The quantitative estimate of drug-likeness (QED) is 0.578. The van der Waals surface area contributed by atoms with Crippen LogP contribution in [0, 0.1) is 13.8 Å². The molecule has 0 bridgehead atoms. The molecule has 0 saturated carbocycles. The molecule has 0 aliphatic carbocycles. The Hall–Kier alpha value is -1.15. The van der Waals surface area contributed by atoms with E-state index in [0.29, 0.717) is 24.5 Å². The summed E-state index contributed by atoms with van der Waals surface area (Å²) in [6.07, 6.45) is 2.41. The van der Waals surface area contributed by atoms with Gasteiger partial charge in [0.2, 0.25) is 0 Å². The number of likely N-dealkylation sites (tertiary alicyclic amines) is 1. The molecule has 1 saturated heterocycles. The monoisotopic (exact) mass is 342 g/mol. The number of aryl methyl sites for hydroxylation is 2. The van der Waals surface area contributed by atoms with Crippen LogP contribution in [-0.4, -0.2) is 46.2 Å². The minimum Gasteiger partial charge on any atom is -0.494 e. The standard InChI is InChI=1S/C16H26N2O4S/c1-4-21-15-11-14(3)16(12-13(15)2)23(19,20)17-22-10-9-18-7-5-6-8-18/h11-12,17H,4-10H2,1-3H3. The van der Waals surface area contributed by atoms with Crippen molar-refractivity contribution in [1.82, 2.24) is 9.79 Å². The van der Waals surface area contributed by atoms with Crippen LogP contribution in [0.15, 0.2) is 17.0 Å². The topological polar surface area (TPSA) is 67.9 Å². The highest BCUT2D eigenvalue weighted by Gasteiger charge is 2.19. The van der Waals surface area contributed by atoms with Gasteiger partial charge in [-0.25, -0.2) is 8.42 Å². The van der Waals surface area contributed by atoms with Gasteiger partial charge in [-0.05, 0) is 70.0 Å². The highest BCUT2D eigenvalue weighted by Crippen LogP contribution is 2.25. The number of benzene rings is 1. The van der Waals surface area contributed by atoms with Gasteiger partial charge in [-0.1, -0.05) is 4.89 Å². The molecular formula is C16H26N2O4S. The van der Waals surface area contributed by atoms with Gasteiger partial charge in [0.05, 0.1) is 18.1 Å². The van der Waals surface area contributed by atoms with Crippen molar-refractivity contribution in [2.24, 2.45) is 0 Å². The summed E-state index contributed by atoms with van der Waals surface area (Å²) in [6.45, 7) is 9.23. The lowest BCUT2D eigenvalue weighted by molar-refractivity contribution is 0.0756. The second-order valence-corrected chi connectivity index (χ2v) is 7.41. The predicted molar refractivity (Wildman–Crippen MR) is 89.0 cm³/mol. The first-order valence-corrected chi connectivity index (χ1v) is 9.52. The molecule has 0 atom stereocenters. The van der Waals surface area contributed by atoms with Gasteiger partial charge in [-0.2, -0.15) is 0 Å². The third-order valence-corrected chi connectivity index (χ3v) is 5.29. The summed E-state index contributed by atoms with van der Waals surface area (Å²) in [5.41, 5.74) is 1.42. The normalized spacial score (nSPS) is 16.0. The predicted octanol–water partition coefficient (Wildman–Crippen LogP) is 2.01. The minimum absolute atomic E-state index is 0.222. The van der Waals surface area contributed by atoms with Crippen LogP contribution in [0.25, 0.3) is 0 Å². The zero-order valence-electron chi connectivity index (χ0n) is 14.1. The number of hydrogen-bond donors (Lipinski definition) is 1. The van der Waals surface area contributed by atoms with E-state index in [2.05, 4.69) is 9.79 Å². The molecule has 0 amide bonds. The summed E-state index contributed by atoms with van der Waals surface area (Å²) >= 11 is 0. The Morgan fingerprint density at radius 1 is 1.17 bits per heavy atom. The maximum Gasteiger partial charge on any atom is 0.262 e. The van der Waals surface area contributed by atoms with E-state index < -0.39 is 10.0 Å². The third-order valence-electron chi connectivity index (χ3n) is 3.94. The molecule has 1 heterocycles. The first-order valence-electron chi connectivity index (χ1n) is 8.04. The molecular weight excluding hydrogens is 316 g/mol. The minimum atomic E-state index is -3.69. The van der Waals surface area contributed by atoms with Gasteiger partial charge in [0, 0.05) is 6.54 Å². The summed E-state index contributed by atoms with van der Waals surface area (Å²) in [6, 6.07) is 3.37. The summed E-state index contributed by atoms with van der Waals surface area (Å²) < 4.78 is 30.2. The van der Waals surface area contributed by atoms with Gasteiger partial charge < -0.3 is 9.64 Å². The zero-order chi connectivity index (χ0) is 16.9. The van der Waals surface area contributed by atoms with Crippen LogP contribution < -0.4 is 9.62 Å². The van der Waals surface area contributed by atoms with E-state index in [0.717, 1.165) is 25.2 Å². The van der Waals surface area contributed by atoms with Crippen LogP contribution in [0.4, 0.5) is 0 Å². The van der Waals surface area contributed by atoms with Crippen molar-refractivity contribution in [2.75, 3.05) is 32.8 Å². The molecule has 0 aromatic heterocycles. The van der Waals surface area contributed by atoms with Crippen molar-refractivity contribution in [2.45, 2.75) is 38.5 Å². The molecule has 130 valence electrons. The first-order chi connectivity index (χ1) is 10.9. The smallest absolute Gasteiger partial charge is 0.262 e. The van der Waals surface area contributed by atoms with Gasteiger partial charge in [0.25, 0.3) is 10.0 Å². The molecule has 1 aromatic rings. The molecule has 2 rings (SSSR count). The average molecular weight is 342 g/mol. The van der Waals surface area contributed by atoms with Crippen LogP contribution in [0.5, 0.6) is 5.75 Å². The second-order valence-electron chi connectivity index (χ2n) is 5.80. The average Bonchev–Trinajstić information content (AvgIpc) is 3.00. The van der Waals surface area contributed by atoms with E-state index in [-0.39, 0.29) is 4.90 Å². The van der Waals surface area contributed by atoms with Crippen molar-refractivity contribution in [3.8, 4) is 5.75 Å². The summed E-state index contributed by atoms with van der Waals surface area (Å²) in [4.78, 5) is 9.89. The first kappa shape index (κ1) is 18.2. The van der Waals surface area contributed by atoms with E-state index in [1.165, 1.54) is 12.8 Å². The fourth-order valence-corrected chi connectivity index (χ4v) is 3.85. The van der Waals surface area contributed by atoms with E-state index >= 15 is 0 Å². The molecule has 7 heteroatoms. The Labute approximate surface area is 138 Å². The lowest BCUT2D eigenvalue weighted by Crippen LogP contribution is -2.30. The van der Waals surface area contributed by atoms with Crippen molar-refractivity contribution in [3.05, 3.63) is 23.3 Å². The lowest BCUT2D eigenvalue weighted by Gasteiger charge is -2.16. The van der Waals surface area contributed by atoms with Gasteiger partial charge >= 0.3 is 0 Å². The Kier molecular flexibility index (Phi) is 6.41. The van der Waals surface area contributed by atoms with Crippen molar-refractivity contribution < 1.29 is 18.0 Å². The number of rotatable bonds is 8. The largest absolute Gasteiger partial charge is 0.494 e. The van der Waals surface area contributed by atoms with Crippen LogP contribution in [0.3, 0.4) is 0 Å². The molecule has 0 radical (unpaired) electrons. The number of ether oxygens (including phenoxy) is 1. The Morgan fingerprint density at radius 3 is 2.52 bits per heavy atom. The SMILES string of the molecule is CCOc1cc(C)c(S(=O)(=O)NOCCN2CCCC2)cc1C. The van der Waals surface area contributed by atoms with Crippen molar-refractivity contribution in [3.63, 3.8) is 0 Å². The van der Waals surface area contributed by atoms with Crippen molar-refractivity contribution >= 4 is 10.0 Å². The fourth-order valence-electron chi connectivity index (χ4n) is 2.71. The molecule has 0 unspecified atom stereocenters. The maximum absolute atomic E-state index is 12.4. The number of nitrogens with one attached hydrogen (secondary N) is 1. The van der Waals surface area contributed by atoms with Gasteiger partial charge in [0.15, 0.2) is 0 Å². The fraction of sp³-hybridized carbons (Fsp3) is 0.625. The molecule has 1 fully saturated rings. The number of nitrogens with zero attached hydrogens (tertiary/aromatic N) is 1. The van der Waals surface area contributed by atoms with E-state index in [1.54, 1.807) is 19.1 Å². The van der Waals surface area contributed by atoms with Crippen LogP contribution in [0.1, 0.15) is 30.9 Å². The van der Waals surface area contributed by atoms with E-state index in [1.807, 2.05) is 13.8 Å². The van der Waals surface area contributed by atoms with Gasteiger partial charge in [0.1, 0.15) is 5.75 Å². The Balaban J connectivity index is 1.96. The molecule has 1 aromatic carbocycles. The summed E-state index contributed by atoms with van der Waals surface area (Å²) in [5.74, 6) is 0.707. The highest BCUT2D eigenvalue weighted by atomic mass is 32.2. The van der Waals surface area contributed by atoms with Gasteiger partial charge in [-0.15, -0.1) is 0 Å². The summed E-state index contributed by atoms with van der Waals surface area (Å²) in [7, 11) is -3.69. The van der Waals surface area contributed by atoms with E-state index in [9.17, 15) is 8.42 Å². The summed E-state index contributed by atoms with van der Waals surface area (Å²) in [5, 5.41) is 0. The van der Waals surface area contributed by atoms with Crippen LogP contribution in [-0.2, 0) is 14.9 Å². The maximum atomic E-state index is 12.4. The lowest BCUT2D eigenvalue weighted by atomic mass is 10.1. The van der Waals surface area contributed by atoms with Crippen molar-refractivity contribution in [1.29, 1.82) is 0 Å². The molecule has 23 heavy (non-hydrogen) atoms. The Morgan fingerprint density at radius 2 is 1.87 bits per heavy atom. The zero-order valence-corrected chi connectivity index (χ0v) is 14.9. The Bertz CT molecular complexity index is 625. The number of hydrogen-bond acceptors (Lipinski definition) is 5. The molecule has 1 aliphatic rings. The highest BCUT2D eigenvalue weighted by molar-refractivity contribution is 7.89.